The Kier molecular flexibility index (Phi) is 7.35. The smallest absolute Gasteiger partial charge is 0.335 e. The number of imidazole rings is 1. The second-order valence-corrected chi connectivity index (χ2v) is 20.1. The highest BCUT2D eigenvalue weighted by atomic mass is 28.5. The van der Waals surface area contributed by atoms with E-state index in [1.165, 1.54) is 0 Å². The molecule has 0 saturated carbocycles. The van der Waals surface area contributed by atoms with Crippen LogP contribution in [0.1, 0.15) is 73.1 Å². The summed E-state index contributed by atoms with van der Waals surface area (Å²) in [6, 6.07) is 0. The van der Waals surface area contributed by atoms with Crippen LogP contribution in [-0.4, -0.2) is 66.7 Å². The number of hydrogen-bond acceptors (Lipinski definition) is 8. The van der Waals surface area contributed by atoms with Crippen molar-refractivity contribution in [2.45, 2.75) is 116 Å². The number of hydrogen-bond donors (Lipinski definition) is 1. The maximum absolute atomic E-state index is 11.6. The van der Waals surface area contributed by atoms with Crippen molar-refractivity contribution in [1.82, 2.24) is 19.5 Å². The lowest BCUT2D eigenvalue weighted by atomic mass is 10.1. The van der Waals surface area contributed by atoms with Gasteiger partial charge in [-0.25, -0.2) is 15.0 Å². The SMILES string of the molecule is Cc1nc(C)c2ncn([C@@H]3O[C@@H]4CO[Si](C(C)C)(C(C)C)O[Si](C(C)C)(C(C)C)OC4[C@@H]3O)c2n1. The van der Waals surface area contributed by atoms with E-state index >= 15 is 0 Å². The third-order valence-electron chi connectivity index (χ3n) is 7.62. The summed E-state index contributed by atoms with van der Waals surface area (Å²) in [5, 5.41) is 11.6. The highest BCUT2D eigenvalue weighted by Crippen LogP contribution is 2.48. The van der Waals surface area contributed by atoms with Crippen molar-refractivity contribution in [2.24, 2.45) is 0 Å². The molecule has 35 heavy (non-hydrogen) atoms. The van der Waals surface area contributed by atoms with Gasteiger partial charge in [0.15, 0.2) is 11.9 Å². The molecule has 2 aromatic heterocycles. The standard InChI is InChI=1S/C24H42N4O5Si2/c1-13(2)34(14(3)4)30-11-19-22(32-35(33-34,15(5)6)16(7)8)21(29)24(31-19)28-12-25-20-17(9)26-18(10)27-23(20)28/h12-16,19,21-22,24,29H,11H2,1-10H3/t19-,21+,22?,24-/m1/s1. The number of aliphatic hydroxyl groups is 1. The molecular weight excluding hydrogens is 480 g/mol. The van der Waals surface area contributed by atoms with Gasteiger partial charge in [-0.15, -0.1) is 0 Å². The van der Waals surface area contributed by atoms with Crippen molar-refractivity contribution in [3.63, 3.8) is 0 Å². The Morgan fingerprint density at radius 1 is 0.943 bits per heavy atom. The zero-order valence-electron chi connectivity index (χ0n) is 22.8. The Hall–Kier alpha value is -1.22. The number of aliphatic hydroxyl groups excluding tert-OH is 1. The maximum atomic E-state index is 11.6. The molecule has 0 radical (unpaired) electrons. The molecule has 0 bridgehead atoms. The van der Waals surface area contributed by atoms with Crippen molar-refractivity contribution < 1.29 is 22.8 Å². The lowest BCUT2D eigenvalue weighted by Crippen LogP contribution is -2.65. The molecule has 1 N–H and O–H groups in total. The molecule has 0 aliphatic carbocycles. The van der Waals surface area contributed by atoms with E-state index in [-0.39, 0.29) is 22.2 Å². The molecule has 2 fully saturated rings. The molecule has 9 nitrogen and oxygen atoms in total. The summed E-state index contributed by atoms with van der Waals surface area (Å²) in [5.74, 6) is 0.652. The zero-order chi connectivity index (χ0) is 25.9. The van der Waals surface area contributed by atoms with Gasteiger partial charge in [0.1, 0.15) is 29.7 Å². The first-order valence-electron chi connectivity index (χ1n) is 12.9. The highest BCUT2D eigenvalue weighted by Gasteiger charge is 2.61. The third kappa shape index (κ3) is 4.32. The highest BCUT2D eigenvalue weighted by molar-refractivity contribution is 6.83. The van der Waals surface area contributed by atoms with Crippen LogP contribution in [0.3, 0.4) is 0 Å². The van der Waals surface area contributed by atoms with Gasteiger partial charge in [0.25, 0.3) is 0 Å². The van der Waals surface area contributed by atoms with Gasteiger partial charge < -0.3 is 22.8 Å². The molecule has 0 spiro atoms. The van der Waals surface area contributed by atoms with Gasteiger partial charge in [-0.1, -0.05) is 55.4 Å². The minimum Gasteiger partial charge on any atom is -0.414 e. The van der Waals surface area contributed by atoms with E-state index in [0.717, 1.165) is 5.69 Å². The minimum absolute atomic E-state index is 0.174. The Labute approximate surface area is 211 Å². The number of aromatic nitrogens is 4. The largest absolute Gasteiger partial charge is 0.414 e. The monoisotopic (exact) mass is 522 g/mol. The summed E-state index contributed by atoms with van der Waals surface area (Å²) >= 11 is 0. The second-order valence-electron chi connectivity index (χ2n) is 11.3. The molecule has 2 aliphatic rings. The molecule has 196 valence electrons. The number of nitrogens with zero attached hydrogens (tertiary/aromatic N) is 4. The first-order chi connectivity index (χ1) is 16.3. The summed E-state index contributed by atoms with van der Waals surface area (Å²) in [4.78, 5) is 13.5. The first-order valence-corrected chi connectivity index (χ1v) is 16.8. The molecule has 4 heterocycles. The van der Waals surface area contributed by atoms with Crippen molar-refractivity contribution in [1.29, 1.82) is 0 Å². The van der Waals surface area contributed by atoms with E-state index in [9.17, 15) is 5.11 Å². The molecule has 0 aromatic carbocycles. The molecule has 2 aliphatic heterocycles. The van der Waals surface area contributed by atoms with Crippen LogP contribution in [-0.2, 0) is 17.7 Å². The average Bonchev–Trinajstić information content (AvgIpc) is 3.28. The van der Waals surface area contributed by atoms with Crippen LogP contribution >= 0.6 is 0 Å². The van der Waals surface area contributed by atoms with Gasteiger partial charge >= 0.3 is 17.1 Å². The lowest BCUT2D eigenvalue weighted by Gasteiger charge is -2.51. The van der Waals surface area contributed by atoms with Gasteiger partial charge in [0.05, 0.1) is 18.6 Å². The summed E-state index contributed by atoms with van der Waals surface area (Å²) in [6.07, 6.45) is -0.923. The molecule has 4 rings (SSSR count). The quantitative estimate of drug-likeness (QED) is 0.566. The first kappa shape index (κ1) is 26.8. The Balaban J connectivity index is 1.78. The van der Waals surface area contributed by atoms with E-state index in [0.29, 0.717) is 23.6 Å². The van der Waals surface area contributed by atoms with Crippen LogP contribution in [0.2, 0.25) is 22.2 Å². The van der Waals surface area contributed by atoms with Crippen LogP contribution in [0.15, 0.2) is 6.33 Å². The molecular formula is C24H42N4O5Si2. The molecule has 2 aromatic rings. The predicted octanol–water partition coefficient (Wildman–Crippen LogP) is 4.66. The maximum Gasteiger partial charge on any atom is 0.335 e. The Bertz CT molecular complexity index is 1040. The van der Waals surface area contributed by atoms with Gasteiger partial charge in [-0.2, -0.15) is 0 Å². The third-order valence-corrected chi connectivity index (χ3v) is 17.9. The number of aryl methyl sites for hydroxylation is 2. The normalized spacial score (nSPS) is 28.8. The van der Waals surface area contributed by atoms with E-state index in [2.05, 4.69) is 70.3 Å². The Morgan fingerprint density at radius 2 is 1.54 bits per heavy atom. The van der Waals surface area contributed by atoms with Gasteiger partial charge in [0, 0.05) is 0 Å². The minimum atomic E-state index is -2.85. The van der Waals surface area contributed by atoms with Crippen LogP contribution in [0.4, 0.5) is 0 Å². The molecule has 2 saturated heterocycles. The Morgan fingerprint density at radius 3 is 2.11 bits per heavy atom. The van der Waals surface area contributed by atoms with Crippen LogP contribution in [0.5, 0.6) is 0 Å². The van der Waals surface area contributed by atoms with E-state index in [4.69, 9.17) is 17.7 Å². The van der Waals surface area contributed by atoms with Crippen molar-refractivity contribution in [3.8, 4) is 0 Å². The fourth-order valence-electron chi connectivity index (χ4n) is 5.75. The van der Waals surface area contributed by atoms with Crippen LogP contribution in [0.25, 0.3) is 11.2 Å². The van der Waals surface area contributed by atoms with E-state index < -0.39 is 41.7 Å². The topological polar surface area (TPSA) is 101 Å². The molecule has 1 unspecified atom stereocenters. The van der Waals surface area contributed by atoms with E-state index in [1.807, 2.05) is 13.8 Å². The van der Waals surface area contributed by atoms with Gasteiger partial charge in [-0.3, -0.25) is 4.57 Å². The van der Waals surface area contributed by atoms with Crippen LogP contribution < -0.4 is 0 Å². The number of rotatable bonds is 5. The molecule has 11 heteroatoms. The summed E-state index contributed by atoms with van der Waals surface area (Å²) in [5.41, 5.74) is 2.99. The number of ether oxygens (including phenoxy) is 1. The number of fused-ring (bicyclic) bond motifs is 2. The van der Waals surface area contributed by atoms with Gasteiger partial charge in [-0.05, 0) is 36.0 Å². The molecule has 0 amide bonds. The predicted molar refractivity (Wildman–Crippen MR) is 139 cm³/mol. The summed E-state index contributed by atoms with van der Waals surface area (Å²) in [6.45, 7) is 21.6. The van der Waals surface area contributed by atoms with E-state index in [1.54, 1.807) is 10.9 Å². The van der Waals surface area contributed by atoms with Crippen molar-refractivity contribution in [3.05, 3.63) is 17.8 Å². The lowest BCUT2D eigenvalue weighted by molar-refractivity contribution is -0.0570. The zero-order valence-corrected chi connectivity index (χ0v) is 24.8. The van der Waals surface area contributed by atoms with Crippen molar-refractivity contribution >= 4 is 28.3 Å². The van der Waals surface area contributed by atoms with Crippen LogP contribution in [0, 0.1) is 13.8 Å². The van der Waals surface area contributed by atoms with Crippen molar-refractivity contribution in [2.75, 3.05) is 6.61 Å². The van der Waals surface area contributed by atoms with Gasteiger partial charge in [0.2, 0.25) is 0 Å². The average molecular weight is 523 g/mol. The summed E-state index contributed by atoms with van der Waals surface area (Å²) in [7, 11) is -5.52. The second kappa shape index (κ2) is 9.58. The molecule has 4 atom stereocenters. The fraction of sp³-hybridized carbons (Fsp3) is 0.792. The fourth-order valence-corrected chi connectivity index (χ4v) is 17.0. The summed E-state index contributed by atoms with van der Waals surface area (Å²) < 4.78 is 29.3.